The van der Waals surface area contributed by atoms with E-state index in [0.717, 1.165) is 12.8 Å². The molecule has 3 N–H and O–H groups in total. The molecule has 7 heteroatoms. The quantitative estimate of drug-likeness (QED) is 0.757. The number of carbonyl (C=O) groups is 1. The fraction of sp³-hybridized carbons (Fsp3) is 0.500. The molecule has 21 heavy (non-hydrogen) atoms. The van der Waals surface area contributed by atoms with Crippen molar-refractivity contribution in [1.29, 1.82) is 0 Å². The summed E-state index contributed by atoms with van der Waals surface area (Å²) < 4.78 is 32.1. The van der Waals surface area contributed by atoms with Crippen LogP contribution in [0.3, 0.4) is 0 Å². The number of hydrogen-bond acceptors (Lipinski definition) is 5. The van der Waals surface area contributed by atoms with Gasteiger partial charge in [-0.3, -0.25) is 0 Å². The third-order valence-corrected chi connectivity index (χ3v) is 5.16. The number of aryl methyl sites for hydroxylation is 1. The Hall–Kier alpha value is -1.44. The molecule has 0 bridgehead atoms. The van der Waals surface area contributed by atoms with Gasteiger partial charge in [0.05, 0.1) is 17.6 Å². The standard InChI is InChI=1S/C14H20N2O4S/c1-9-3-6-11(7-12(9)14(17)20-2)21(18,19)16-13(8-15)10-4-5-10/h3,6-7,10,13,16H,4-5,8,15H2,1-2H3. The Morgan fingerprint density at radius 1 is 1.48 bits per heavy atom. The van der Waals surface area contributed by atoms with Crippen molar-refractivity contribution in [2.45, 2.75) is 30.7 Å². The number of hydrogen-bond donors (Lipinski definition) is 2. The minimum absolute atomic E-state index is 0.0487. The van der Waals surface area contributed by atoms with E-state index in [1.807, 2.05) is 0 Å². The van der Waals surface area contributed by atoms with E-state index in [9.17, 15) is 13.2 Å². The van der Waals surface area contributed by atoms with Crippen LogP contribution < -0.4 is 10.5 Å². The molecule has 0 heterocycles. The molecule has 1 atom stereocenters. The van der Waals surface area contributed by atoms with Gasteiger partial charge in [-0.2, -0.15) is 0 Å². The number of esters is 1. The van der Waals surface area contributed by atoms with Gasteiger partial charge in [0.2, 0.25) is 10.0 Å². The summed E-state index contributed by atoms with van der Waals surface area (Å²) in [6.07, 6.45) is 1.98. The third-order valence-electron chi connectivity index (χ3n) is 3.68. The highest BCUT2D eigenvalue weighted by atomic mass is 32.2. The number of ether oxygens (including phenoxy) is 1. The Morgan fingerprint density at radius 2 is 2.14 bits per heavy atom. The van der Waals surface area contributed by atoms with E-state index in [1.54, 1.807) is 13.0 Å². The summed E-state index contributed by atoms with van der Waals surface area (Å²) in [7, 11) is -2.43. The molecule has 2 rings (SSSR count). The maximum absolute atomic E-state index is 12.4. The zero-order valence-electron chi connectivity index (χ0n) is 12.1. The minimum Gasteiger partial charge on any atom is -0.465 e. The van der Waals surface area contributed by atoms with Crippen LogP contribution in [0, 0.1) is 12.8 Å². The number of benzene rings is 1. The molecule has 1 aliphatic rings. The van der Waals surface area contributed by atoms with E-state index in [1.165, 1.54) is 19.2 Å². The summed E-state index contributed by atoms with van der Waals surface area (Å²) in [6.45, 7) is 1.99. The zero-order chi connectivity index (χ0) is 15.6. The summed E-state index contributed by atoms with van der Waals surface area (Å²) in [5.74, 6) is -0.239. The molecular weight excluding hydrogens is 292 g/mol. The molecule has 116 valence electrons. The van der Waals surface area contributed by atoms with Crippen LogP contribution in [0.25, 0.3) is 0 Å². The van der Waals surface area contributed by atoms with Crippen LogP contribution in [-0.2, 0) is 14.8 Å². The molecule has 1 fully saturated rings. The smallest absolute Gasteiger partial charge is 0.338 e. The monoisotopic (exact) mass is 312 g/mol. The topological polar surface area (TPSA) is 98.5 Å². The normalized spacial score (nSPS) is 16.5. The van der Waals surface area contributed by atoms with Crippen LogP contribution in [0.15, 0.2) is 23.1 Å². The van der Waals surface area contributed by atoms with Crippen molar-refractivity contribution in [3.8, 4) is 0 Å². The number of nitrogens with one attached hydrogen (secondary N) is 1. The molecule has 0 aromatic heterocycles. The van der Waals surface area contributed by atoms with Crippen LogP contribution in [0.2, 0.25) is 0 Å². The summed E-state index contributed by atoms with van der Waals surface area (Å²) in [5.41, 5.74) is 6.53. The van der Waals surface area contributed by atoms with Gasteiger partial charge in [-0.15, -0.1) is 0 Å². The first-order valence-electron chi connectivity index (χ1n) is 6.80. The lowest BCUT2D eigenvalue weighted by Crippen LogP contribution is -2.41. The van der Waals surface area contributed by atoms with Gasteiger partial charge in [0.25, 0.3) is 0 Å². The van der Waals surface area contributed by atoms with Gasteiger partial charge in [0.1, 0.15) is 0 Å². The first kappa shape index (κ1) is 15.9. The van der Waals surface area contributed by atoms with E-state index in [4.69, 9.17) is 5.73 Å². The molecule has 1 aromatic rings. The molecular formula is C14H20N2O4S. The van der Waals surface area contributed by atoms with Crippen LogP contribution in [0.5, 0.6) is 0 Å². The number of nitrogens with two attached hydrogens (primary N) is 1. The Kier molecular flexibility index (Phi) is 4.65. The highest BCUT2D eigenvalue weighted by Crippen LogP contribution is 2.33. The van der Waals surface area contributed by atoms with Crippen molar-refractivity contribution in [3.63, 3.8) is 0 Å². The molecule has 1 aliphatic carbocycles. The van der Waals surface area contributed by atoms with E-state index in [2.05, 4.69) is 9.46 Å². The summed E-state index contributed by atoms with van der Waals surface area (Å²) in [4.78, 5) is 11.7. The lowest BCUT2D eigenvalue weighted by molar-refractivity contribution is 0.0599. The summed E-state index contributed by atoms with van der Waals surface area (Å²) >= 11 is 0. The Balaban J connectivity index is 2.29. The molecule has 0 amide bonds. The third kappa shape index (κ3) is 3.61. The lowest BCUT2D eigenvalue weighted by Gasteiger charge is -2.16. The van der Waals surface area contributed by atoms with Gasteiger partial charge in [-0.25, -0.2) is 17.9 Å². The van der Waals surface area contributed by atoms with Crippen molar-refractivity contribution in [1.82, 2.24) is 4.72 Å². The average Bonchev–Trinajstić information content (AvgIpc) is 3.28. The van der Waals surface area contributed by atoms with Gasteiger partial charge >= 0.3 is 5.97 Å². The zero-order valence-corrected chi connectivity index (χ0v) is 12.9. The molecule has 1 aromatic carbocycles. The predicted octanol–water partition coefficient (Wildman–Crippen LogP) is 0.797. The Labute approximate surface area is 124 Å². The fourth-order valence-electron chi connectivity index (χ4n) is 2.20. The van der Waals surface area contributed by atoms with Gasteiger partial charge < -0.3 is 10.5 Å². The van der Waals surface area contributed by atoms with Gasteiger partial charge in [0.15, 0.2) is 0 Å². The largest absolute Gasteiger partial charge is 0.465 e. The van der Waals surface area contributed by atoms with E-state index in [0.29, 0.717) is 11.5 Å². The number of carbonyl (C=O) groups excluding carboxylic acids is 1. The molecule has 0 aliphatic heterocycles. The molecule has 0 saturated heterocycles. The number of sulfonamides is 1. The van der Waals surface area contributed by atoms with Crippen molar-refractivity contribution in [2.75, 3.05) is 13.7 Å². The molecule has 1 saturated carbocycles. The molecule has 6 nitrogen and oxygen atoms in total. The lowest BCUT2D eigenvalue weighted by atomic mass is 10.1. The number of methoxy groups -OCH3 is 1. The first-order valence-corrected chi connectivity index (χ1v) is 8.28. The van der Waals surface area contributed by atoms with Crippen molar-refractivity contribution < 1.29 is 17.9 Å². The fourth-order valence-corrected chi connectivity index (χ4v) is 3.54. The maximum atomic E-state index is 12.4. The van der Waals surface area contributed by atoms with Crippen molar-refractivity contribution in [3.05, 3.63) is 29.3 Å². The highest BCUT2D eigenvalue weighted by molar-refractivity contribution is 7.89. The molecule has 0 radical (unpaired) electrons. The highest BCUT2D eigenvalue weighted by Gasteiger charge is 2.33. The number of rotatable bonds is 6. The second kappa shape index (κ2) is 6.13. The van der Waals surface area contributed by atoms with Gasteiger partial charge in [0, 0.05) is 12.6 Å². The van der Waals surface area contributed by atoms with Gasteiger partial charge in [-0.1, -0.05) is 6.07 Å². The predicted molar refractivity (Wildman–Crippen MR) is 78.4 cm³/mol. The SMILES string of the molecule is COC(=O)c1cc(S(=O)(=O)NC(CN)C2CC2)ccc1C. The van der Waals surface area contributed by atoms with E-state index in [-0.39, 0.29) is 23.0 Å². The summed E-state index contributed by atoms with van der Waals surface area (Å²) in [5, 5.41) is 0. The second-order valence-corrected chi connectivity index (χ2v) is 6.98. The Bertz CT molecular complexity index is 638. The minimum atomic E-state index is -3.70. The summed E-state index contributed by atoms with van der Waals surface area (Å²) in [6, 6.07) is 4.15. The van der Waals surface area contributed by atoms with Crippen LogP contribution in [0.1, 0.15) is 28.8 Å². The average molecular weight is 312 g/mol. The van der Waals surface area contributed by atoms with Gasteiger partial charge in [-0.05, 0) is 43.4 Å². The van der Waals surface area contributed by atoms with E-state index >= 15 is 0 Å². The maximum Gasteiger partial charge on any atom is 0.338 e. The van der Waals surface area contributed by atoms with Crippen LogP contribution in [0.4, 0.5) is 0 Å². The van der Waals surface area contributed by atoms with Crippen molar-refractivity contribution >= 4 is 16.0 Å². The Morgan fingerprint density at radius 3 is 2.67 bits per heavy atom. The molecule has 1 unspecified atom stereocenters. The second-order valence-electron chi connectivity index (χ2n) is 5.27. The first-order chi connectivity index (χ1) is 9.89. The molecule has 0 spiro atoms. The van der Waals surface area contributed by atoms with Crippen LogP contribution >= 0.6 is 0 Å². The van der Waals surface area contributed by atoms with Crippen molar-refractivity contribution in [2.24, 2.45) is 11.7 Å². The van der Waals surface area contributed by atoms with E-state index < -0.39 is 16.0 Å². The van der Waals surface area contributed by atoms with Crippen LogP contribution in [-0.4, -0.2) is 34.1 Å².